The second-order valence-corrected chi connectivity index (χ2v) is 10.4. The number of carbonyl (C=O) groups excluding carboxylic acids is 1. The van der Waals surface area contributed by atoms with Crippen molar-refractivity contribution in [1.29, 1.82) is 0 Å². The summed E-state index contributed by atoms with van der Waals surface area (Å²) in [6.07, 6.45) is 7.80. The van der Waals surface area contributed by atoms with Crippen LogP contribution in [0.3, 0.4) is 0 Å². The number of aliphatic imine (C=N–C) groups is 1. The number of nitrogens with two attached hydrogens (primary N) is 1. The summed E-state index contributed by atoms with van der Waals surface area (Å²) in [4.78, 5) is 14.9. The number of benzene rings is 3. The molecule has 0 aromatic heterocycles. The van der Waals surface area contributed by atoms with E-state index in [1.165, 1.54) is 55.7 Å². The molecule has 0 radical (unpaired) electrons. The van der Waals surface area contributed by atoms with Gasteiger partial charge in [0.2, 0.25) is 0 Å². The van der Waals surface area contributed by atoms with E-state index in [4.69, 9.17) is 5.73 Å². The number of ketones is 1. The number of hydrogen-bond donors (Lipinski definition) is 1. The smallest absolute Gasteiger partial charge is 0.160 e. The standard InChI is InChI=1S/C18H30N2.C9H9F.C9H10O/c1-5-7-15(8-6-2)9-10-16-11-12-17(14(3)13-16)18(19)20-4;1-7(2)8-5-3-4-6-9(8)10;1-7-5-3-4-6-9(7)8(2)10/h11-13,15H,5-10H2,1-4H3,(H2,19,20);3-6H,1H2,2H3;3-6H,1-2H3. The molecule has 216 valence electrons. The Bertz CT molecular complexity index is 1180. The maximum atomic E-state index is 12.8. The third-order valence-electron chi connectivity index (χ3n) is 6.90. The van der Waals surface area contributed by atoms with Crippen LogP contribution in [0.2, 0.25) is 0 Å². The fraction of sp³-hybridized carbons (Fsp3) is 0.389. The topological polar surface area (TPSA) is 55.5 Å². The Balaban J connectivity index is 0.000000333. The van der Waals surface area contributed by atoms with Gasteiger partial charge in [0.25, 0.3) is 0 Å². The summed E-state index contributed by atoms with van der Waals surface area (Å²) in [5, 5.41) is 0. The second kappa shape index (κ2) is 18.7. The molecule has 0 fully saturated rings. The van der Waals surface area contributed by atoms with Crippen LogP contribution in [0.15, 0.2) is 78.3 Å². The molecule has 0 aliphatic carbocycles. The van der Waals surface area contributed by atoms with E-state index < -0.39 is 0 Å². The van der Waals surface area contributed by atoms with E-state index in [9.17, 15) is 9.18 Å². The van der Waals surface area contributed by atoms with E-state index >= 15 is 0 Å². The van der Waals surface area contributed by atoms with Gasteiger partial charge in [0, 0.05) is 23.7 Å². The minimum Gasteiger partial charge on any atom is -0.384 e. The fourth-order valence-corrected chi connectivity index (χ4v) is 4.68. The van der Waals surface area contributed by atoms with Crippen LogP contribution in [0.4, 0.5) is 4.39 Å². The highest BCUT2D eigenvalue weighted by molar-refractivity contribution is 5.98. The summed E-state index contributed by atoms with van der Waals surface area (Å²) in [6, 6.07) is 20.8. The van der Waals surface area contributed by atoms with Crippen molar-refractivity contribution in [3.05, 3.63) is 113 Å². The molecule has 3 rings (SSSR count). The van der Waals surface area contributed by atoms with Crippen molar-refractivity contribution < 1.29 is 9.18 Å². The Morgan fingerprint density at radius 2 is 1.43 bits per heavy atom. The van der Waals surface area contributed by atoms with Crippen LogP contribution >= 0.6 is 0 Å². The highest BCUT2D eigenvalue weighted by atomic mass is 19.1. The second-order valence-electron chi connectivity index (χ2n) is 10.4. The molecule has 0 amide bonds. The molecule has 3 aromatic rings. The molecular formula is C36H49FN2O. The van der Waals surface area contributed by atoms with Crippen molar-refractivity contribution >= 4 is 17.2 Å². The summed E-state index contributed by atoms with van der Waals surface area (Å²) in [7, 11) is 1.74. The maximum absolute atomic E-state index is 12.8. The van der Waals surface area contributed by atoms with Gasteiger partial charge in [0.1, 0.15) is 11.7 Å². The van der Waals surface area contributed by atoms with Crippen molar-refractivity contribution in [2.24, 2.45) is 16.6 Å². The summed E-state index contributed by atoms with van der Waals surface area (Å²) in [5.41, 5.74) is 12.8. The molecule has 3 nitrogen and oxygen atoms in total. The van der Waals surface area contributed by atoms with Crippen LogP contribution in [0, 0.1) is 25.6 Å². The van der Waals surface area contributed by atoms with Gasteiger partial charge in [-0.3, -0.25) is 9.79 Å². The molecule has 0 spiro atoms. The molecule has 3 aromatic carbocycles. The average Bonchev–Trinajstić information content (AvgIpc) is 2.92. The molecule has 0 atom stereocenters. The number of aryl methyl sites for hydroxylation is 3. The Kier molecular flexibility index (Phi) is 16.1. The zero-order chi connectivity index (χ0) is 30.1. The lowest BCUT2D eigenvalue weighted by molar-refractivity contribution is 0.101. The van der Waals surface area contributed by atoms with Crippen LogP contribution in [-0.2, 0) is 6.42 Å². The number of hydrogen-bond acceptors (Lipinski definition) is 2. The number of amidine groups is 1. The Morgan fingerprint density at radius 3 is 1.85 bits per heavy atom. The van der Waals surface area contributed by atoms with E-state index in [1.807, 2.05) is 31.2 Å². The number of Topliss-reactive ketones (excluding diaryl/α,β-unsaturated/α-hetero) is 1. The molecule has 4 heteroatoms. The van der Waals surface area contributed by atoms with Gasteiger partial charge in [-0.25, -0.2) is 4.39 Å². The fourth-order valence-electron chi connectivity index (χ4n) is 4.68. The summed E-state index contributed by atoms with van der Waals surface area (Å²) in [6.45, 7) is 15.7. The first-order chi connectivity index (χ1) is 19.0. The quantitative estimate of drug-likeness (QED) is 0.157. The van der Waals surface area contributed by atoms with Gasteiger partial charge in [-0.15, -0.1) is 0 Å². The maximum Gasteiger partial charge on any atom is 0.160 e. The summed E-state index contributed by atoms with van der Waals surface area (Å²) < 4.78 is 12.8. The Morgan fingerprint density at radius 1 is 0.850 bits per heavy atom. The molecule has 0 unspecified atom stereocenters. The molecule has 0 bridgehead atoms. The van der Waals surface area contributed by atoms with Crippen molar-refractivity contribution in [1.82, 2.24) is 0 Å². The van der Waals surface area contributed by atoms with Crippen LogP contribution in [0.5, 0.6) is 0 Å². The van der Waals surface area contributed by atoms with Gasteiger partial charge in [-0.2, -0.15) is 0 Å². The van der Waals surface area contributed by atoms with Crippen molar-refractivity contribution in [3.63, 3.8) is 0 Å². The normalized spacial score (nSPS) is 10.8. The Labute approximate surface area is 242 Å². The largest absolute Gasteiger partial charge is 0.384 e. The summed E-state index contributed by atoms with van der Waals surface area (Å²) >= 11 is 0. The molecule has 0 saturated carbocycles. The van der Waals surface area contributed by atoms with Crippen molar-refractivity contribution in [2.45, 2.75) is 80.1 Å². The third kappa shape index (κ3) is 12.1. The molecule has 0 saturated heterocycles. The minimum absolute atomic E-state index is 0.137. The van der Waals surface area contributed by atoms with Crippen LogP contribution < -0.4 is 5.73 Å². The average molecular weight is 545 g/mol. The zero-order valence-electron chi connectivity index (χ0n) is 25.7. The molecule has 2 N–H and O–H groups in total. The number of rotatable bonds is 10. The monoisotopic (exact) mass is 544 g/mol. The summed E-state index contributed by atoms with van der Waals surface area (Å²) in [5.74, 6) is 1.45. The van der Waals surface area contributed by atoms with Crippen molar-refractivity contribution in [2.75, 3.05) is 7.05 Å². The van der Waals surface area contributed by atoms with E-state index in [0.717, 1.165) is 28.2 Å². The van der Waals surface area contributed by atoms with Gasteiger partial charge < -0.3 is 5.73 Å². The van der Waals surface area contributed by atoms with Crippen molar-refractivity contribution in [3.8, 4) is 0 Å². The molecular weight excluding hydrogens is 495 g/mol. The minimum atomic E-state index is -0.199. The molecule has 40 heavy (non-hydrogen) atoms. The van der Waals surface area contributed by atoms with E-state index in [0.29, 0.717) is 11.4 Å². The molecule has 0 aliphatic heterocycles. The van der Waals surface area contributed by atoms with Gasteiger partial charge in [0.05, 0.1) is 0 Å². The highest BCUT2D eigenvalue weighted by Gasteiger charge is 2.09. The van der Waals surface area contributed by atoms with Gasteiger partial charge in [-0.1, -0.05) is 107 Å². The Hall–Kier alpha value is -3.53. The third-order valence-corrected chi connectivity index (χ3v) is 6.90. The van der Waals surface area contributed by atoms with E-state index in [2.05, 4.69) is 50.5 Å². The van der Waals surface area contributed by atoms with E-state index in [-0.39, 0.29) is 11.6 Å². The highest BCUT2D eigenvalue weighted by Crippen LogP contribution is 2.21. The predicted octanol–water partition coefficient (Wildman–Crippen LogP) is 9.54. The molecule has 0 heterocycles. The van der Waals surface area contributed by atoms with E-state index in [1.54, 1.807) is 39.1 Å². The first-order valence-electron chi connectivity index (χ1n) is 14.3. The lowest BCUT2D eigenvalue weighted by Gasteiger charge is -2.15. The van der Waals surface area contributed by atoms with Gasteiger partial charge in [-0.05, 0) is 74.8 Å². The lowest BCUT2D eigenvalue weighted by Crippen LogP contribution is -2.14. The predicted molar refractivity (Wildman–Crippen MR) is 172 cm³/mol. The number of allylic oxidation sites excluding steroid dienone is 1. The lowest BCUT2D eigenvalue weighted by atomic mass is 9.91. The SMILES string of the molecule is C=C(C)c1ccccc1F.CC(=O)c1ccccc1C.CCCC(CCC)CCc1ccc(C(N)=NC)c(C)c1. The number of nitrogens with zero attached hydrogens (tertiary/aromatic N) is 1. The van der Waals surface area contributed by atoms with Gasteiger partial charge in [0.15, 0.2) is 5.78 Å². The van der Waals surface area contributed by atoms with Crippen LogP contribution in [0.1, 0.15) is 98.0 Å². The van der Waals surface area contributed by atoms with Crippen LogP contribution in [-0.4, -0.2) is 18.7 Å². The first kappa shape index (κ1) is 34.5. The van der Waals surface area contributed by atoms with Gasteiger partial charge >= 0.3 is 0 Å². The van der Waals surface area contributed by atoms with Crippen LogP contribution in [0.25, 0.3) is 5.57 Å². The first-order valence-corrected chi connectivity index (χ1v) is 14.3. The number of carbonyl (C=O) groups is 1. The number of halogens is 1. The zero-order valence-corrected chi connectivity index (χ0v) is 25.7. The molecule has 0 aliphatic rings.